The van der Waals surface area contributed by atoms with E-state index in [9.17, 15) is 19.5 Å². The van der Waals surface area contributed by atoms with E-state index in [-0.39, 0.29) is 70.3 Å². The van der Waals surface area contributed by atoms with Gasteiger partial charge in [0.05, 0.1) is 43.0 Å². The van der Waals surface area contributed by atoms with E-state index in [4.69, 9.17) is 60.7 Å². The summed E-state index contributed by atoms with van der Waals surface area (Å²) in [5.41, 5.74) is 0.808. The molecule has 0 fully saturated rings. The smallest absolute Gasteiger partial charge is 0.340 e. The van der Waals surface area contributed by atoms with E-state index in [1.807, 2.05) is 90.4 Å². The Morgan fingerprint density at radius 3 is 2.17 bits per heavy atom. The Hall–Kier alpha value is -0.0500. The molecular formula is C26H14Cl4I4O7. The molecule has 1 aliphatic carbocycles. The number of phenolic OH excluding ortho intramolecular Hbond substituents is 1. The number of benzene rings is 3. The molecule has 0 bridgehead atoms. The molecule has 0 atom stereocenters. The third kappa shape index (κ3) is 6.66. The summed E-state index contributed by atoms with van der Waals surface area (Å²) in [6.07, 6.45) is 1.41. The fourth-order valence-corrected chi connectivity index (χ4v) is 8.71. The van der Waals surface area contributed by atoms with Crippen molar-refractivity contribution in [2.75, 3.05) is 6.61 Å². The predicted octanol–water partition coefficient (Wildman–Crippen LogP) is 10.1. The Morgan fingerprint density at radius 1 is 0.854 bits per heavy atom. The van der Waals surface area contributed by atoms with Gasteiger partial charge in [0.15, 0.2) is 11.3 Å². The van der Waals surface area contributed by atoms with Crippen LogP contribution in [0.4, 0.5) is 0 Å². The summed E-state index contributed by atoms with van der Waals surface area (Å²) in [4.78, 5) is 37.2. The minimum absolute atomic E-state index is 0.00326. The zero-order valence-electron chi connectivity index (χ0n) is 20.1. The highest BCUT2D eigenvalue weighted by Crippen LogP contribution is 2.52. The number of halogens is 8. The van der Waals surface area contributed by atoms with Crippen molar-refractivity contribution < 1.29 is 29.0 Å². The van der Waals surface area contributed by atoms with Crippen LogP contribution in [-0.4, -0.2) is 28.8 Å². The zero-order valence-corrected chi connectivity index (χ0v) is 31.8. The molecule has 0 unspecified atom stereocenters. The lowest BCUT2D eigenvalue weighted by Gasteiger charge is -2.22. The minimum Gasteiger partial charge on any atom is -0.506 e. The van der Waals surface area contributed by atoms with Crippen molar-refractivity contribution in [3.05, 3.63) is 62.3 Å². The molecule has 4 rings (SSSR count). The SMILES string of the molecule is O=C(O)CCCCCOC(=O)c1c(Cl)c(Cl)c(Cl)c(Cl)c1-c1c2cc(I)c(=O)c(I)c-2oc2c(I)c(O)c(I)cc12. The molecule has 2 N–H and O–H groups in total. The lowest BCUT2D eigenvalue weighted by Crippen LogP contribution is -2.14. The van der Waals surface area contributed by atoms with Gasteiger partial charge in [-0.2, -0.15) is 0 Å². The van der Waals surface area contributed by atoms with E-state index in [2.05, 4.69) is 0 Å². The number of carboxylic acid groups (broad SMARTS) is 1. The number of phenols is 1. The molecular weight excluding hydrogens is 1070 g/mol. The molecule has 0 saturated heterocycles. The van der Waals surface area contributed by atoms with Gasteiger partial charge >= 0.3 is 11.9 Å². The highest BCUT2D eigenvalue weighted by Gasteiger charge is 2.33. The van der Waals surface area contributed by atoms with E-state index in [0.717, 1.165) is 0 Å². The Labute approximate surface area is 307 Å². The number of hydrogen-bond acceptors (Lipinski definition) is 6. The van der Waals surface area contributed by atoms with Crippen LogP contribution < -0.4 is 5.43 Å². The number of rotatable bonds is 8. The van der Waals surface area contributed by atoms with E-state index >= 15 is 0 Å². The number of aliphatic carboxylic acids is 1. The van der Waals surface area contributed by atoms with Crippen LogP contribution in [0.25, 0.3) is 33.4 Å². The lowest BCUT2D eigenvalue weighted by molar-refractivity contribution is -0.137. The maximum atomic E-state index is 13.6. The number of aromatic hydroxyl groups is 1. The van der Waals surface area contributed by atoms with Crippen LogP contribution in [-0.2, 0) is 9.53 Å². The molecule has 2 aliphatic rings. The Morgan fingerprint density at radius 2 is 1.51 bits per heavy atom. The summed E-state index contributed by atoms with van der Waals surface area (Å²) >= 11 is 34.1. The standard InChI is InChI=1S/C26H14Cl4I4O7/c27-16-14(15(17(28)19(30)18(16)29)26(39)40-5-3-1-2-4-12(35)36)13-8-6-10(31)22(37)20(33)24(8)41-25-9(13)7-11(32)23(38)21(25)34/h6-7,37H,1-5H2,(H,35,36). The number of unbranched alkanes of at least 4 members (excludes halogenated alkanes) is 2. The summed E-state index contributed by atoms with van der Waals surface area (Å²) in [7, 11) is 0. The van der Waals surface area contributed by atoms with E-state index in [0.29, 0.717) is 46.5 Å². The summed E-state index contributed by atoms with van der Waals surface area (Å²) in [6, 6.07) is 3.29. The van der Waals surface area contributed by atoms with Gasteiger partial charge in [-0.1, -0.05) is 46.4 Å². The number of hydrogen-bond donors (Lipinski definition) is 2. The first-order valence-corrected chi connectivity index (χ1v) is 17.3. The molecule has 2 aromatic rings. The highest BCUT2D eigenvalue weighted by molar-refractivity contribution is 14.1. The predicted molar refractivity (Wildman–Crippen MR) is 194 cm³/mol. The molecule has 1 aliphatic heterocycles. The van der Waals surface area contributed by atoms with Crippen molar-refractivity contribution in [1.82, 2.24) is 0 Å². The van der Waals surface area contributed by atoms with Crippen LogP contribution in [0.2, 0.25) is 20.1 Å². The molecule has 7 nitrogen and oxygen atoms in total. The zero-order chi connectivity index (χ0) is 30.3. The molecule has 0 spiro atoms. The van der Waals surface area contributed by atoms with Crippen molar-refractivity contribution >= 4 is 160 Å². The summed E-state index contributed by atoms with van der Waals surface area (Å²) in [5.74, 6) is -1.52. The molecule has 41 heavy (non-hydrogen) atoms. The first-order chi connectivity index (χ1) is 19.3. The molecule has 0 saturated carbocycles. The summed E-state index contributed by atoms with van der Waals surface area (Å²) in [5, 5.41) is 19.5. The van der Waals surface area contributed by atoms with Crippen molar-refractivity contribution in [2.45, 2.75) is 25.7 Å². The molecule has 0 aromatic heterocycles. The third-order valence-corrected chi connectivity index (χ3v) is 11.4. The number of carbonyl (C=O) groups is 2. The number of carbonyl (C=O) groups excluding carboxylic acids is 1. The van der Waals surface area contributed by atoms with E-state index in [1.165, 1.54) is 0 Å². The number of carboxylic acids is 1. The minimum atomic E-state index is -0.899. The molecule has 0 radical (unpaired) electrons. The van der Waals surface area contributed by atoms with Crippen molar-refractivity contribution in [3.8, 4) is 28.2 Å². The van der Waals surface area contributed by atoms with Gasteiger partial charge in [-0.3, -0.25) is 9.59 Å². The van der Waals surface area contributed by atoms with Crippen LogP contribution in [0.15, 0.2) is 21.3 Å². The van der Waals surface area contributed by atoms with Gasteiger partial charge in [0, 0.05) is 28.5 Å². The van der Waals surface area contributed by atoms with Crippen LogP contribution in [0, 0.1) is 14.3 Å². The molecule has 1 heterocycles. The lowest BCUT2D eigenvalue weighted by atomic mass is 9.90. The van der Waals surface area contributed by atoms with Gasteiger partial charge in [0.25, 0.3) is 0 Å². The Kier molecular flexibility index (Phi) is 11.5. The van der Waals surface area contributed by atoms with Gasteiger partial charge in [-0.15, -0.1) is 0 Å². The van der Waals surface area contributed by atoms with E-state index in [1.54, 1.807) is 12.1 Å². The molecule has 2 aromatic carbocycles. The van der Waals surface area contributed by atoms with Gasteiger partial charge in [0.1, 0.15) is 9.32 Å². The van der Waals surface area contributed by atoms with Crippen LogP contribution in [0.3, 0.4) is 0 Å². The summed E-state index contributed by atoms with van der Waals surface area (Å²) in [6.45, 7) is -0.00326. The van der Waals surface area contributed by atoms with Gasteiger partial charge in [0.2, 0.25) is 5.43 Å². The van der Waals surface area contributed by atoms with Crippen molar-refractivity contribution in [3.63, 3.8) is 0 Å². The van der Waals surface area contributed by atoms with Crippen LogP contribution >= 0.6 is 137 Å². The monoisotopic (exact) mass is 1090 g/mol. The topological polar surface area (TPSA) is 114 Å². The Balaban J connectivity index is 2.04. The number of fused-ring (bicyclic) bond motifs is 2. The van der Waals surface area contributed by atoms with Gasteiger partial charge in [-0.25, -0.2) is 4.79 Å². The molecule has 216 valence electrons. The second-order valence-corrected chi connectivity index (χ2v) is 14.6. The average Bonchev–Trinajstić information content (AvgIpc) is 2.92. The summed E-state index contributed by atoms with van der Waals surface area (Å²) < 4.78 is 13.3. The first kappa shape index (κ1) is 33.8. The Bertz CT molecular complexity index is 1770. The van der Waals surface area contributed by atoms with Crippen molar-refractivity contribution in [2.24, 2.45) is 0 Å². The van der Waals surface area contributed by atoms with Gasteiger partial charge < -0.3 is 19.4 Å². The van der Waals surface area contributed by atoms with Crippen LogP contribution in [0.5, 0.6) is 5.75 Å². The quantitative estimate of drug-likeness (QED) is 0.0451. The second kappa shape index (κ2) is 13.9. The first-order valence-electron chi connectivity index (χ1n) is 11.5. The normalized spacial score (nSPS) is 11.4. The largest absolute Gasteiger partial charge is 0.506 e. The maximum absolute atomic E-state index is 13.6. The van der Waals surface area contributed by atoms with Gasteiger partial charge in [-0.05, 0) is 122 Å². The average molecular weight is 1090 g/mol. The highest BCUT2D eigenvalue weighted by atomic mass is 127. The third-order valence-electron chi connectivity index (χ3n) is 6.01. The van der Waals surface area contributed by atoms with Crippen molar-refractivity contribution in [1.29, 1.82) is 0 Å². The molecule has 0 amide bonds. The number of esters is 1. The fourth-order valence-electron chi connectivity index (χ4n) is 4.11. The van der Waals surface area contributed by atoms with Crippen LogP contribution in [0.1, 0.15) is 36.0 Å². The molecule has 15 heteroatoms. The number of ether oxygens (including phenoxy) is 1. The second-order valence-electron chi connectivity index (χ2n) is 8.60. The maximum Gasteiger partial charge on any atom is 0.340 e. The fraction of sp³-hybridized carbons (Fsp3) is 0.192. The van der Waals surface area contributed by atoms with E-state index < -0.39 is 11.9 Å².